The molecule has 0 aromatic heterocycles. The van der Waals surface area contributed by atoms with E-state index in [-0.39, 0.29) is 5.92 Å². The van der Waals surface area contributed by atoms with Crippen molar-refractivity contribution in [2.24, 2.45) is 11.3 Å². The fraction of sp³-hybridized carbons (Fsp3) is 0.923. The summed E-state index contributed by atoms with van der Waals surface area (Å²) in [5.74, 6) is 0.523. The molecular weight excluding hydrogens is 200 g/mol. The van der Waals surface area contributed by atoms with E-state index in [1.165, 1.54) is 0 Å². The topological polar surface area (TPSA) is 32.3 Å². The van der Waals surface area contributed by atoms with Crippen LogP contribution in [0.4, 0.5) is 0 Å². The molecule has 0 bridgehead atoms. The Kier molecular flexibility index (Phi) is 4.78. The molecule has 1 saturated heterocycles. The van der Waals surface area contributed by atoms with E-state index in [1.54, 1.807) is 0 Å². The van der Waals surface area contributed by atoms with Gasteiger partial charge in [-0.3, -0.25) is 4.79 Å². The molecular formula is C13H26N2O. The van der Waals surface area contributed by atoms with Gasteiger partial charge in [0, 0.05) is 20.1 Å². The van der Waals surface area contributed by atoms with E-state index in [1.807, 2.05) is 11.9 Å². The van der Waals surface area contributed by atoms with Gasteiger partial charge in [-0.1, -0.05) is 20.8 Å². The molecule has 1 amide bonds. The fourth-order valence-electron chi connectivity index (χ4n) is 1.99. The number of carbonyl (C=O) groups excluding carboxylic acids is 1. The van der Waals surface area contributed by atoms with Crippen molar-refractivity contribution in [2.75, 3.05) is 26.7 Å². The van der Waals surface area contributed by atoms with Crippen LogP contribution >= 0.6 is 0 Å². The lowest BCUT2D eigenvalue weighted by molar-refractivity contribution is -0.135. The van der Waals surface area contributed by atoms with Crippen LogP contribution in [0.1, 0.15) is 40.0 Å². The molecule has 3 heteroatoms. The van der Waals surface area contributed by atoms with E-state index in [9.17, 15) is 4.79 Å². The number of nitrogens with one attached hydrogen (secondary N) is 1. The van der Waals surface area contributed by atoms with E-state index in [2.05, 4.69) is 26.1 Å². The lowest BCUT2D eigenvalue weighted by atomic mass is 9.91. The SMILES string of the molecule is CN(CCC(C)(C)C)C(=O)C1CCCNC1. The van der Waals surface area contributed by atoms with Crippen molar-refractivity contribution in [3.8, 4) is 0 Å². The normalized spacial score (nSPS) is 21.9. The first-order chi connectivity index (χ1) is 7.40. The summed E-state index contributed by atoms with van der Waals surface area (Å²) in [5.41, 5.74) is 0.305. The fourth-order valence-corrected chi connectivity index (χ4v) is 1.99. The first-order valence-corrected chi connectivity index (χ1v) is 6.36. The van der Waals surface area contributed by atoms with Gasteiger partial charge in [-0.2, -0.15) is 0 Å². The van der Waals surface area contributed by atoms with E-state index in [0.29, 0.717) is 11.3 Å². The summed E-state index contributed by atoms with van der Waals surface area (Å²) >= 11 is 0. The first kappa shape index (κ1) is 13.5. The summed E-state index contributed by atoms with van der Waals surface area (Å²) in [6, 6.07) is 0. The van der Waals surface area contributed by atoms with Crippen LogP contribution < -0.4 is 5.32 Å². The molecule has 1 rings (SSSR count). The van der Waals surface area contributed by atoms with Crippen molar-refractivity contribution in [2.45, 2.75) is 40.0 Å². The molecule has 0 saturated carbocycles. The van der Waals surface area contributed by atoms with Crippen molar-refractivity contribution in [1.29, 1.82) is 0 Å². The zero-order chi connectivity index (χ0) is 12.2. The van der Waals surface area contributed by atoms with Crippen molar-refractivity contribution < 1.29 is 4.79 Å². The quantitative estimate of drug-likeness (QED) is 0.797. The van der Waals surface area contributed by atoms with Gasteiger partial charge in [-0.15, -0.1) is 0 Å². The van der Waals surface area contributed by atoms with Gasteiger partial charge < -0.3 is 10.2 Å². The Bertz CT molecular complexity index is 227. The smallest absolute Gasteiger partial charge is 0.226 e. The highest BCUT2D eigenvalue weighted by molar-refractivity contribution is 5.78. The maximum atomic E-state index is 12.1. The van der Waals surface area contributed by atoms with E-state index in [0.717, 1.165) is 38.9 Å². The van der Waals surface area contributed by atoms with Crippen LogP contribution in [0.25, 0.3) is 0 Å². The molecule has 94 valence electrons. The molecule has 0 aliphatic carbocycles. The lowest BCUT2D eigenvalue weighted by Gasteiger charge is -2.29. The van der Waals surface area contributed by atoms with Gasteiger partial charge in [0.05, 0.1) is 5.92 Å². The van der Waals surface area contributed by atoms with E-state index in [4.69, 9.17) is 0 Å². The van der Waals surface area contributed by atoms with Crippen molar-refractivity contribution in [3.63, 3.8) is 0 Å². The Morgan fingerprint density at radius 3 is 2.62 bits per heavy atom. The summed E-state index contributed by atoms with van der Waals surface area (Å²) < 4.78 is 0. The largest absolute Gasteiger partial charge is 0.345 e. The highest BCUT2D eigenvalue weighted by Gasteiger charge is 2.24. The number of hydrogen-bond acceptors (Lipinski definition) is 2. The van der Waals surface area contributed by atoms with Gasteiger partial charge in [0.25, 0.3) is 0 Å². The zero-order valence-corrected chi connectivity index (χ0v) is 11.2. The van der Waals surface area contributed by atoms with Crippen LogP contribution in [0.3, 0.4) is 0 Å². The number of nitrogens with zero attached hydrogens (tertiary/aromatic N) is 1. The van der Waals surface area contributed by atoms with Gasteiger partial charge in [0.15, 0.2) is 0 Å². The molecule has 3 nitrogen and oxygen atoms in total. The minimum Gasteiger partial charge on any atom is -0.345 e. The Labute approximate surface area is 99.6 Å². The van der Waals surface area contributed by atoms with Crippen LogP contribution in [0.15, 0.2) is 0 Å². The molecule has 0 spiro atoms. The summed E-state index contributed by atoms with van der Waals surface area (Å²) in [5, 5.41) is 3.30. The zero-order valence-electron chi connectivity index (χ0n) is 11.2. The third-order valence-corrected chi connectivity index (χ3v) is 3.22. The lowest BCUT2D eigenvalue weighted by Crippen LogP contribution is -2.42. The predicted octanol–water partition coefficient (Wildman–Crippen LogP) is 1.88. The Hall–Kier alpha value is -0.570. The summed E-state index contributed by atoms with van der Waals surface area (Å²) in [7, 11) is 1.93. The Balaban J connectivity index is 2.34. The van der Waals surface area contributed by atoms with Gasteiger partial charge in [0.1, 0.15) is 0 Å². The van der Waals surface area contributed by atoms with Crippen molar-refractivity contribution in [3.05, 3.63) is 0 Å². The molecule has 1 aliphatic heterocycles. The molecule has 0 aromatic rings. The number of amides is 1. The van der Waals surface area contributed by atoms with Crippen molar-refractivity contribution >= 4 is 5.91 Å². The van der Waals surface area contributed by atoms with E-state index >= 15 is 0 Å². The van der Waals surface area contributed by atoms with Gasteiger partial charge in [-0.05, 0) is 31.2 Å². The highest BCUT2D eigenvalue weighted by Crippen LogP contribution is 2.19. The molecule has 1 N–H and O–H groups in total. The molecule has 1 aliphatic rings. The number of rotatable bonds is 3. The third kappa shape index (κ3) is 4.52. The van der Waals surface area contributed by atoms with Crippen LogP contribution in [0.5, 0.6) is 0 Å². The van der Waals surface area contributed by atoms with Crippen LogP contribution in [0.2, 0.25) is 0 Å². The predicted molar refractivity (Wildman–Crippen MR) is 67.3 cm³/mol. The van der Waals surface area contributed by atoms with Crippen LogP contribution in [0, 0.1) is 11.3 Å². The average molecular weight is 226 g/mol. The molecule has 0 radical (unpaired) electrons. The molecule has 1 heterocycles. The second-order valence-electron chi connectivity index (χ2n) is 6.11. The Morgan fingerprint density at radius 1 is 1.44 bits per heavy atom. The molecule has 1 atom stereocenters. The standard InChI is InChI=1S/C13H26N2O/c1-13(2,3)7-9-15(4)12(16)11-6-5-8-14-10-11/h11,14H,5-10H2,1-4H3. The maximum absolute atomic E-state index is 12.1. The molecule has 16 heavy (non-hydrogen) atoms. The number of carbonyl (C=O) groups is 1. The summed E-state index contributed by atoms with van der Waals surface area (Å²) in [6.45, 7) is 9.45. The summed E-state index contributed by atoms with van der Waals surface area (Å²) in [6.07, 6.45) is 3.24. The van der Waals surface area contributed by atoms with Crippen LogP contribution in [-0.4, -0.2) is 37.5 Å². The van der Waals surface area contributed by atoms with Crippen molar-refractivity contribution in [1.82, 2.24) is 10.2 Å². The van der Waals surface area contributed by atoms with Gasteiger partial charge in [0.2, 0.25) is 5.91 Å². The van der Waals surface area contributed by atoms with E-state index < -0.39 is 0 Å². The van der Waals surface area contributed by atoms with Gasteiger partial charge >= 0.3 is 0 Å². The molecule has 1 fully saturated rings. The minimum absolute atomic E-state index is 0.207. The molecule has 1 unspecified atom stereocenters. The van der Waals surface area contributed by atoms with Crippen LogP contribution in [-0.2, 0) is 4.79 Å². The maximum Gasteiger partial charge on any atom is 0.226 e. The summed E-state index contributed by atoms with van der Waals surface area (Å²) in [4.78, 5) is 14.0. The second-order valence-corrected chi connectivity index (χ2v) is 6.11. The minimum atomic E-state index is 0.207. The Morgan fingerprint density at radius 2 is 2.12 bits per heavy atom. The third-order valence-electron chi connectivity index (χ3n) is 3.22. The first-order valence-electron chi connectivity index (χ1n) is 6.36. The molecule has 0 aromatic carbocycles. The highest BCUT2D eigenvalue weighted by atomic mass is 16.2. The monoisotopic (exact) mass is 226 g/mol. The average Bonchev–Trinajstić information content (AvgIpc) is 2.25. The van der Waals surface area contributed by atoms with Gasteiger partial charge in [-0.25, -0.2) is 0 Å². The number of hydrogen-bond donors (Lipinski definition) is 1. The second kappa shape index (κ2) is 5.67. The number of piperidine rings is 1.